The number of pyridine rings is 1. The minimum atomic E-state index is -0.165. The molecule has 3 atom stereocenters. The second kappa shape index (κ2) is 6.45. The zero-order valence-corrected chi connectivity index (χ0v) is 16.4. The molecule has 30 heavy (non-hydrogen) atoms. The Morgan fingerprint density at radius 3 is 2.97 bits per heavy atom. The normalized spacial score (nSPS) is 22.2. The van der Waals surface area contributed by atoms with Gasteiger partial charge in [0.15, 0.2) is 11.5 Å². The minimum Gasteiger partial charge on any atom is -0.337 e. The van der Waals surface area contributed by atoms with Gasteiger partial charge in [0.05, 0.1) is 5.39 Å². The summed E-state index contributed by atoms with van der Waals surface area (Å²) >= 11 is 0. The van der Waals surface area contributed by atoms with E-state index in [4.69, 9.17) is 4.52 Å². The third-order valence-corrected chi connectivity index (χ3v) is 6.15. The lowest BCUT2D eigenvalue weighted by Crippen LogP contribution is -2.21. The summed E-state index contributed by atoms with van der Waals surface area (Å²) in [6.45, 7) is 2.33. The minimum absolute atomic E-state index is 0.165. The molecule has 3 heterocycles. The summed E-state index contributed by atoms with van der Waals surface area (Å²) in [7, 11) is 0. The third kappa shape index (κ3) is 2.77. The summed E-state index contributed by atoms with van der Waals surface area (Å²) in [5.41, 5.74) is 4.28. The molecule has 7 heteroatoms. The maximum atomic E-state index is 12.6. The largest absolute Gasteiger partial charge is 0.337 e. The molecule has 0 N–H and O–H groups in total. The fourth-order valence-electron chi connectivity index (χ4n) is 4.59. The van der Waals surface area contributed by atoms with Crippen LogP contribution in [-0.4, -0.2) is 24.7 Å². The molecule has 6 rings (SSSR count). The van der Waals surface area contributed by atoms with Gasteiger partial charge in [-0.2, -0.15) is 4.98 Å². The summed E-state index contributed by atoms with van der Waals surface area (Å²) in [4.78, 5) is 25.5. The van der Waals surface area contributed by atoms with Gasteiger partial charge in [0, 0.05) is 12.1 Å². The Morgan fingerprint density at radius 2 is 2.13 bits per heavy atom. The van der Waals surface area contributed by atoms with Crippen LogP contribution < -0.4 is 5.56 Å². The van der Waals surface area contributed by atoms with E-state index in [0.29, 0.717) is 34.7 Å². The molecule has 1 fully saturated rings. The van der Waals surface area contributed by atoms with Crippen LogP contribution in [0.2, 0.25) is 0 Å². The lowest BCUT2D eigenvalue weighted by Gasteiger charge is -2.06. The van der Waals surface area contributed by atoms with E-state index in [1.165, 1.54) is 27.6 Å². The van der Waals surface area contributed by atoms with Crippen LogP contribution in [0, 0.1) is 18.8 Å². The number of nitrogens with zero attached hydrogens (tertiary/aromatic N) is 5. The maximum Gasteiger partial charge on any atom is 0.263 e. The van der Waals surface area contributed by atoms with Crippen molar-refractivity contribution in [2.75, 3.05) is 0 Å². The van der Waals surface area contributed by atoms with Crippen LogP contribution in [0.4, 0.5) is 0 Å². The number of rotatable bonds is 4. The van der Waals surface area contributed by atoms with Crippen molar-refractivity contribution >= 4 is 16.6 Å². The van der Waals surface area contributed by atoms with Crippen LogP contribution in [0.5, 0.6) is 0 Å². The van der Waals surface area contributed by atoms with E-state index in [0.717, 1.165) is 12.2 Å². The fourth-order valence-corrected chi connectivity index (χ4v) is 4.59. The molecule has 2 aliphatic rings. The van der Waals surface area contributed by atoms with E-state index in [2.05, 4.69) is 57.4 Å². The standard InChI is InChI=1S/C23H19N5O2/c1-13-4-2-5-14(8-13)15-9-17-18(10-15)20(17)22-26-19(30-27-22)11-28-12-25-21-16(23(28)29)6-3-7-24-21/h2-9,12,17-18,20H,10-11H2,1H3/t17-,18+,20+/m0/s1. The van der Waals surface area contributed by atoms with Gasteiger partial charge in [-0.1, -0.05) is 41.1 Å². The number of benzene rings is 1. The lowest BCUT2D eigenvalue weighted by atomic mass is 9.99. The van der Waals surface area contributed by atoms with Crippen molar-refractivity contribution in [1.29, 1.82) is 0 Å². The first-order valence-corrected chi connectivity index (χ1v) is 10.1. The Hall–Kier alpha value is -3.61. The third-order valence-electron chi connectivity index (χ3n) is 6.15. The van der Waals surface area contributed by atoms with Crippen LogP contribution in [0.1, 0.15) is 35.2 Å². The van der Waals surface area contributed by atoms with E-state index in [-0.39, 0.29) is 12.1 Å². The Morgan fingerprint density at radius 1 is 1.20 bits per heavy atom. The van der Waals surface area contributed by atoms with Crippen molar-refractivity contribution in [3.8, 4) is 0 Å². The van der Waals surface area contributed by atoms with Crippen LogP contribution in [0.25, 0.3) is 16.6 Å². The first kappa shape index (κ1) is 17.3. The van der Waals surface area contributed by atoms with Crippen LogP contribution in [0.15, 0.2) is 64.3 Å². The lowest BCUT2D eigenvalue weighted by molar-refractivity contribution is 0.364. The summed E-state index contributed by atoms with van der Waals surface area (Å²) in [5.74, 6) is 2.49. The summed E-state index contributed by atoms with van der Waals surface area (Å²) < 4.78 is 6.92. The Kier molecular flexibility index (Phi) is 3.71. The molecule has 4 aromatic rings. The molecule has 1 aromatic carbocycles. The van der Waals surface area contributed by atoms with Crippen molar-refractivity contribution in [3.63, 3.8) is 0 Å². The zero-order chi connectivity index (χ0) is 20.2. The highest BCUT2D eigenvalue weighted by molar-refractivity contribution is 5.72. The summed E-state index contributed by atoms with van der Waals surface area (Å²) in [6.07, 6.45) is 6.51. The molecule has 7 nitrogen and oxygen atoms in total. The first-order chi connectivity index (χ1) is 14.7. The van der Waals surface area contributed by atoms with Crippen molar-refractivity contribution in [1.82, 2.24) is 24.7 Å². The van der Waals surface area contributed by atoms with Crippen LogP contribution in [0.3, 0.4) is 0 Å². The summed E-state index contributed by atoms with van der Waals surface area (Å²) in [6, 6.07) is 12.1. The van der Waals surface area contributed by atoms with Gasteiger partial charge in [0.25, 0.3) is 5.56 Å². The van der Waals surface area contributed by atoms with Gasteiger partial charge in [-0.25, -0.2) is 9.97 Å². The molecule has 0 radical (unpaired) electrons. The predicted molar refractivity (Wildman–Crippen MR) is 111 cm³/mol. The van der Waals surface area contributed by atoms with Crippen LogP contribution in [-0.2, 0) is 6.54 Å². The molecule has 3 aromatic heterocycles. The van der Waals surface area contributed by atoms with E-state index in [1.807, 2.05) is 0 Å². The SMILES string of the molecule is Cc1cccc(C2=C[C@H]3[C@@H](C2)[C@@H]3c2noc(Cn3cnc4ncccc4c3=O)n2)c1. The number of hydrogen-bond acceptors (Lipinski definition) is 6. The van der Waals surface area contributed by atoms with Gasteiger partial charge in [-0.05, 0) is 48.4 Å². The smallest absolute Gasteiger partial charge is 0.263 e. The van der Waals surface area contributed by atoms with Gasteiger partial charge in [0.1, 0.15) is 12.9 Å². The first-order valence-electron chi connectivity index (χ1n) is 10.1. The highest BCUT2D eigenvalue weighted by atomic mass is 16.5. The number of allylic oxidation sites excluding steroid dienone is 2. The molecule has 0 spiro atoms. The van der Waals surface area contributed by atoms with Gasteiger partial charge >= 0.3 is 0 Å². The Balaban J connectivity index is 1.20. The molecule has 0 bridgehead atoms. The Labute approximate surface area is 172 Å². The Bertz CT molecular complexity index is 1370. The van der Waals surface area contributed by atoms with Crippen molar-refractivity contribution < 1.29 is 4.52 Å². The predicted octanol–water partition coefficient (Wildman–Crippen LogP) is 3.35. The van der Waals surface area contributed by atoms with E-state index >= 15 is 0 Å². The molecular weight excluding hydrogens is 378 g/mol. The second-order valence-corrected chi connectivity index (χ2v) is 8.13. The van der Waals surface area contributed by atoms with Gasteiger partial charge < -0.3 is 4.52 Å². The summed E-state index contributed by atoms with van der Waals surface area (Å²) in [5, 5.41) is 4.67. The van der Waals surface area contributed by atoms with E-state index in [9.17, 15) is 4.79 Å². The quantitative estimate of drug-likeness (QED) is 0.525. The van der Waals surface area contributed by atoms with Gasteiger partial charge in [-0.15, -0.1) is 0 Å². The number of hydrogen-bond donors (Lipinski definition) is 0. The van der Waals surface area contributed by atoms with E-state index in [1.54, 1.807) is 18.3 Å². The molecule has 148 valence electrons. The monoisotopic (exact) mass is 397 g/mol. The fraction of sp³-hybridized carbons (Fsp3) is 0.261. The average molecular weight is 397 g/mol. The highest BCUT2D eigenvalue weighted by Gasteiger charge is 2.55. The molecule has 0 saturated heterocycles. The maximum absolute atomic E-state index is 12.6. The molecule has 2 aliphatic carbocycles. The number of aromatic nitrogens is 5. The van der Waals surface area contributed by atoms with Crippen molar-refractivity contribution in [2.24, 2.45) is 11.8 Å². The number of fused-ring (bicyclic) bond motifs is 2. The molecular formula is C23H19N5O2. The van der Waals surface area contributed by atoms with Crippen molar-refractivity contribution in [3.05, 3.63) is 88.2 Å². The highest BCUT2D eigenvalue weighted by Crippen LogP contribution is 2.62. The molecule has 1 saturated carbocycles. The van der Waals surface area contributed by atoms with Gasteiger partial charge in [-0.3, -0.25) is 9.36 Å². The van der Waals surface area contributed by atoms with Crippen LogP contribution >= 0.6 is 0 Å². The van der Waals surface area contributed by atoms with Crippen molar-refractivity contribution in [2.45, 2.75) is 25.8 Å². The zero-order valence-electron chi connectivity index (χ0n) is 16.4. The molecule has 0 aliphatic heterocycles. The van der Waals surface area contributed by atoms with E-state index < -0.39 is 0 Å². The topological polar surface area (TPSA) is 86.7 Å². The molecule has 0 amide bonds. The van der Waals surface area contributed by atoms with Gasteiger partial charge in [0.2, 0.25) is 5.89 Å². The average Bonchev–Trinajstić information content (AvgIpc) is 3.10. The number of aryl methyl sites for hydroxylation is 1. The molecule has 0 unspecified atom stereocenters. The second-order valence-electron chi connectivity index (χ2n) is 8.13.